The molecule has 0 amide bonds. The maximum Gasteiger partial charge on any atom is 0.234 e. The van der Waals surface area contributed by atoms with Crippen LogP contribution >= 0.6 is 12.2 Å². The van der Waals surface area contributed by atoms with Gasteiger partial charge in [-0.2, -0.15) is 4.73 Å². The van der Waals surface area contributed by atoms with Gasteiger partial charge in [0.2, 0.25) is 4.77 Å². The molecule has 0 saturated carbocycles. The monoisotopic (exact) mass is 220 g/mol. The van der Waals surface area contributed by atoms with Crippen molar-refractivity contribution in [3.8, 4) is 0 Å². The van der Waals surface area contributed by atoms with Gasteiger partial charge in [-0.3, -0.25) is 0 Å². The third-order valence-corrected chi connectivity index (χ3v) is 2.34. The summed E-state index contributed by atoms with van der Waals surface area (Å²) in [5.74, 6) is 0. The minimum absolute atomic E-state index is 0.460. The number of para-hydroxylation sites is 1. The van der Waals surface area contributed by atoms with Crippen LogP contribution in [0.2, 0.25) is 0 Å². The van der Waals surface area contributed by atoms with Crippen LogP contribution in [0.1, 0.15) is 13.3 Å². The highest BCUT2D eigenvalue weighted by Gasteiger charge is 2.00. The van der Waals surface area contributed by atoms with Crippen molar-refractivity contribution in [2.75, 3.05) is 6.61 Å². The number of fused-ring (bicyclic) bond motifs is 1. The van der Waals surface area contributed by atoms with Crippen molar-refractivity contribution in [1.82, 2.24) is 9.71 Å². The van der Waals surface area contributed by atoms with Gasteiger partial charge >= 0.3 is 0 Å². The summed E-state index contributed by atoms with van der Waals surface area (Å²) in [4.78, 5) is 9.66. The predicted molar refractivity (Wildman–Crippen MR) is 62.3 cm³/mol. The smallest absolute Gasteiger partial charge is 0.234 e. The molecule has 0 spiro atoms. The number of aromatic nitrogens is 2. The standard InChI is InChI=1S/C11H12N2OS/c1-2-7-14-13-10-6-4-3-5-9(10)8-12-11(13)15/h3-6,8H,2,7H2,1H3. The Kier molecular flexibility index (Phi) is 2.97. The fourth-order valence-corrected chi connectivity index (χ4v) is 1.57. The first-order valence-corrected chi connectivity index (χ1v) is 5.34. The molecule has 0 aliphatic rings. The van der Waals surface area contributed by atoms with Gasteiger partial charge in [0.05, 0.1) is 5.52 Å². The van der Waals surface area contributed by atoms with E-state index in [9.17, 15) is 0 Å². The summed E-state index contributed by atoms with van der Waals surface area (Å²) in [6.07, 6.45) is 2.72. The third-order valence-electron chi connectivity index (χ3n) is 2.07. The van der Waals surface area contributed by atoms with Gasteiger partial charge in [-0.25, -0.2) is 4.98 Å². The highest BCUT2D eigenvalue weighted by Crippen LogP contribution is 2.11. The molecule has 0 fully saturated rings. The zero-order valence-corrected chi connectivity index (χ0v) is 9.33. The van der Waals surface area contributed by atoms with Crippen molar-refractivity contribution in [2.24, 2.45) is 0 Å². The van der Waals surface area contributed by atoms with Gasteiger partial charge < -0.3 is 4.84 Å². The maximum absolute atomic E-state index is 5.55. The Labute approximate surface area is 93.3 Å². The quantitative estimate of drug-likeness (QED) is 0.744. The first-order chi connectivity index (χ1) is 7.33. The van der Waals surface area contributed by atoms with Crippen molar-refractivity contribution in [3.05, 3.63) is 35.2 Å². The van der Waals surface area contributed by atoms with Crippen LogP contribution in [-0.2, 0) is 0 Å². The lowest BCUT2D eigenvalue weighted by molar-refractivity contribution is 0.114. The van der Waals surface area contributed by atoms with E-state index in [2.05, 4.69) is 11.9 Å². The van der Waals surface area contributed by atoms with Crippen LogP contribution in [0.3, 0.4) is 0 Å². The summed E-state index contributed by atoms with van der Waals surface area (Å²) in [5.41, 5.74) is 0.964. The van der Waals surface area contributed by atoms with Crippen LogP contribution in [0.4, 0.5) is 0 Å². The molecule has 0 bridgehead atoms. The Balaban J connectivity index is 2.58. The second kappa shape index (κ2) is 4.40. The molecule has 0 saturated heterocycles. The van der Waals surface area contributed by atoms with Crippen LogP contribution in [0.15, 0.2) is 30.5 Å². The lowest BCUT2D eigenvalue weighted by atomic mass is 10.2. The SMILES string of the molecule is CCCOn1c(=S)ncc2ccccc21. The summed E-state index contributed by atoms with van der Waals surface area (Å²) < 4.78 is 2.08. The van der Waals surface area contributed by atoms with Gasteiger partial charge in [0.1, 0.15) is 6.61 Å². The summed E-state index contributed by atoms with van der Waals surface area (Å²) in [7, 11) is 0. The maximum atomic E-state index is 5.55. The van der Waals surface area contributed by atoms with E-state index < -0.39 is 0 Å². The Morgan fingerprint density at radius 1 is 1.40 bits per heavy atom. The summed E-state index contributed by atoms with van der Waals surface area (Å²) in [6, 6.07) is 7.89. The van der Waals surface area contributed by atoms with Crippen molar-refractivity contribution < 1.29 is 4.84 Å². The lowest BCUT2D eigenvalue weighted by Gasteiger charge is -2.10. The van der Waals surface area contributed by atoms with Crippen molar-refractivity contribution in [1.29, 1.82) is 0 Å². The summed E-state index contributed by atoms with van der Waals surface area (Å²) in [5, 5.41) is 1.03. The Morgan fingerprint density at radius 2 is 2.20 bits per heavy atom. The van der Waals surface area contributed by atoms with E-state index in [0.29, 0.717) is 11.4 Å². The van der Waals surface area contributed by atoms with Gasteiger partial charge in [-0.05, 0) is 24.7 Å². The predicted octanol–water partition coefficient (Wildman–Crippen LogP) is 2.60. The van der Waals surface area contributed by atoms with Gasteiger partial charge in [-0.15, -0.1) is 0 Å². The van der Waals surface area contributed by atoms with Crippen molar-refractivity contribution in [2.45, 2.75) is 13.3 Å². The molecule has 2 aromatic rings. The lowest BCUT2D eigenvalue weighted by Crippen LogP contribution is -2.15. The second-order valence-electron chi connectivity index (χ2n) is 3.23. The van der Waals surface area contributed by atoms with E-state index in [-0.39, 0.29) is 0 Å². The zero-order chi connectivity index (χ0) is 10.7. The van der Waals surface area contributed by atoms with E-state index in [4.69, 9.17) is 17.1 Å². The molecule has 0 atom stereocenters. The second-order valence-corrected chi connectivity index (χ2v) is 3.59. The van der Waals surface area contributed by atoms with E-state index in [1.165, 1.54) is 0 Å². The highest BCUT2D eigenvalue weighted by molar-refractivity contribution is 7.71. The minimum Gasteiger partial charge on any atom is -0.411 e. The van der Waals surface area contributed by atoms with E-state index in [1.807, 2.05) is 24.3 Å². The first-order valence-electron chi connectivity index (χ1n) is 4.93. The molecular weight excluding hydrogens is 208 g/mol. The van der Waals surface area contributed by atoms with Gasteiger partial charge in [0.25, 0.3) is 0 Å². The third kappa shape index (κ3) is 1.99. The number of hydrogen-bond donors (Lipinski definition) is 0. The fraction of sp³-hybridized carbons (Fsp3) is 0.273. The van der Waals surface area contributed by atoms with Crippen LogP contribution in [0, 0.1) is 4.77 Å². The fourth-order valence-electron chi connectivity index (χ4n) is 1.37. The molecule has 78 valence electrons. The zero-order valence-electron chi connectivity index (χ0n) is 8.51. The Bertz CT molecular complexity index is 521. The average Bonchev–Trinajstić information content (AvgIpc) is 2.28. The first kappa shape index (κ1) is 10.1. The Morgan fingerprint density at radius 3 is 3.00 bits per heavy atom. The van der Waals surface area contributed by atoms with Gasteiger partial charge in [0.15, 0.2) is 0 Å². The number of hydrogen-bond acceptors (Lipinski definition) is 3. The minimum atomic E-state index is 0.460. The van der Waals surface area contributed by atoms with Gasteiger partial charge in [0, 0.05) is 11.6 Å². The molecule has 2 rings (SSSR count). The molecule has 3 nitrogen and oxygen atoms in total. The highest BCUT2D eigenvalue weighted by atomic mass is 32.1. The molecule has 1 heterocycles. The molecule has 0 aliphatic heterocycles. The van der Waals surface area contributed by atoms with Crippen LogP contribution < -0.4 is 4.84 Å². The average molecular weight is 220 g/mol. The van der Waals surface area contributed by atoms with Crippen molar-refractivity contribution in [3.63, 3.8) is 0 Å². The number of nitrogens with zero attached hydrogens (tertiary/aromatic N) is 2. The molecule has 0 unspecified atom stereocenters. The topological polar surface area (TPSA) is 27.1 Å². The largest absolute Gasteiger partial charge is 0.411 e. The number of benzene rings is 1. The normalized spacial score (nSPS) is 10.5. The van der Waals surface area contributed by atoms with Gasteiger partial charge in [-0.1, -0.05) is 25.1 Å². The molecule has 1 aromatic carbocycles. The van der Waals surface area contributed by atoms with E-state index in [0.717, 1.165) is 17.3 Å². The molecule has 15 heavy (non-hydrogen) atoms. The summed E-state index contributed by atoms with van der Waals surface area (Å²) >= 11 is 5.12. The molecule has 0 radical (unpaired) electrons. The van der Waals surface area contributed by atoms with Crippen LogP contribution in [0.25, 0.3) is 10.9 Å². The summed E-state index contributed by atoms with van der Waals surface area (Å²) in [6.45, 7) is 2.70. The molecule has 0 aliphatic carbocycles. The molecule has 0 N–H and O–H groups in total. The van der Waals surface area contributed by atoms with E-state index in [1.54, 1.807) is 10.9 Å². The number of rotatable bonds is 3. The molecular formula is C11H12N2OS. The van der Waals surface area contributed by atoms with Crippen molar-refractivity contribution >= 4 is 23.1 Å². The van der Waals surface area contributed by atoms with Crippen LogP contribution in [0.5, 0.6) is 0 Å². The van der Waals surface area contributed by atoms with E-state index >= 15 is 0 Å². The molecule has 4 heteroatoms. The molecule has 1 aromatic heterocycles. The van der Waals surface area contributed by atoms with Crippen LogP contribution in [-0.4, -0.2) is 16.3 Å². The Hall–Kier alpha value is -1.42.